The Balaban J connectivity index is 2.09. The second-order valence-electron chi connectivity index (χ2n) is 5.40. The number of anilines is 2. The number of hydrogen-bond donors (Lipinski definition) is 1. The first-order chi connectivity index (χ1) is 10.2. The molecule has 3 nitrogen and oxygen atoms in total. The van der Waals surface area contributed by atoms with Crippen LogP contribution in [0.1, 0.15) is 18.7 Å². The molecule has 4 heteroatoms. The molecule has 2 aromatic heterocycles. The highest BCUT2D eigenvalue weighted by Gasteiger charge is 2.15. The molecular weight excluding hydrogens is 278 g/mol. The van der Waals surface area contributed by atoms with Crippen molar-refractivity contribution in [2.75, 3.05) is 10.6 Å². The molecule has 0 amide bonds. The number of fused-ring (bicyclic) bond motifs is 1. The third-order valence-electron chi connectivity index (χ3n) is 3.67. The van der Waals surface area contributed by atoms with Crippen LogP contribution in [0.4, 0.5) is 11.4 Å². The highest BCUT2D eigenvalue weighted by atomic mass is 32.1. The van der Waals surface area contributed by atoms with Gasteiger partial charge in [0.25, 0.3) is 0 Å². The van der Waals surface area contributed by atoms with Gasteiger partial charge in [0.05, 0.1) is 6.54 Å². The van der Waals surface area contributed by atoms with Crippen molar-refractivity contribution < 1.29 is 0 Å². The number of pyridine rings is 1. The van der Waals surface area contributed by atoms with Gasteiger partial charge in [-0.2, -0.15) is 0 Å². The van der Waals surface area contributed by atoms with Crippen LogP contribution < -0.4 is 10.6 Å². The van der Waals surface area contributed by atoms with E-state index >= 15 is 0 Å². The lowest BCUT2D eigenvalue weighted by Gasteiger charge is -2.30. The lowest BCUT2D eigenvalue weighted by Crippen LogP contribution is -2.30. The first-order valence-corrected chi connectivity index (χ1v) is 7.96. The summed E-state index contributed by atoms with van der Waals surface area (Å²) in [6, 6.07) is 10.8. The molecule has 2 N–H and O–H groups in total. The maximum absolute atomic E-state index is 6.09. The molecular formula is C17H19N3S. The maximum atomic E-state index is 6.09. The zero-order valence-electron chi connectivity index (χ0n) is 12.3. The van der Waals surface area contributed by atoms with Crippen LogP contribution in [-0.4, -0.2) is 11.0 Å². The predicted octanol–water partition coefficient (Wildman–Crippen LogP) is 4.29. The van der Waals surface area contributed by atoms with E-state index in [1.54, 1.807) is 17.5 Å². The number of hydrogen-bond acceptors (Lipinski definition) is 4. The van der Waals surface area contributed by atoms with E-state index in [0.29, 0.717) is 6.04 Å². The Morgan fingerprint density at radius 1 is 1.19 bits per heavy atom. The van der Waals surface area contributed by atoms with Gasteiger partial charge in [-0.15, -0.1) is 11.3 Å². The molecule has 0 atom stereocenters. The monoisotopic (exact) mass is 297 g/mol. The van der Waals surface area contributed by atoms with Gasteiger partial charge in [0, 0.05) is 45.5 Å². The van der Waals surface area contributed by atoms with Crippen molar-refractivity contribution in [2.24, 2.45) is 0 Å². The highest BCUT2D eigenvalue weighted by molar-refractivity contribution is 7.09. The summed E-state index contributed by atoms with van der Waals surface area (Å²) < 4.78 is 0. The number of nitrogens with zero attached hydrogens (tertiary/aromatic N) is 2. The zero-order chi connectivity index (χ0) is 14.8. The molecule has 3 aromatic rings. The van der Waals surface area contributed by atoms with Gasteiger partial charge in [-0.1, -0.05) is 6.07 Å². The first-order valence-electron chi connectivity index (χ1n) is 7.08. The lowest BCUT2D eigenvalue weighted by atomic mass is 10.1. The molecule has 3 rings (SSSR count). The molecule has 0 aliphatic carbocycles. The molecule has 0 aliphatic rings. The number of benzene rings is 1. The molecule has 0 saturated carbocycles. The SMILES string of the molecule is CC(C)N(Cc1cccs1)c1ccc(N)c2ccncc12. The summed E-state index contributed by atoms with van der Waals surface area (Å²) in [4.78, 5) is 8.03. The van der Waals surface area contributed by atoms with Crippen LogP contribution in [0.2, 0.25) is 0 Å². The van der Waals surface area contributed by atoms with Gasteiger partial charge in [0.1, 0.15) is 0 Å². The average Bonchev–Trinajstić information content (AvgIpc) is 2.99. The van der Waals surface area contributed by atoms with E-state index in [1.165, 1.54) is 10.6 Å². The first kappa shape index (κ1) is 13.9. The van der Waals surface area contributed by atoms with Crippen molar-refractivity contribution in [3.63, 3.8) is 0 Å². The van der Waals surface area contributed by atoms with Crippen LogP contribution >= 0.6 is 11.3 Å². The Kier molecular flexibility index (Phi) is 3.80. The molecule has 0 fully saturated rings. The predicted molar refractivity (Wildman–Crippen MR) is 91.8 cm³/mol. The maximum Gasteiger partial charge on any atom is 0.0525 e. The molecule has 0 unspecified atom stereocenters. The van der Waals surface area contributed by atoms with E-state index in [9.17, 15) is 0 Å². The molecule has 21 heavy (non-hydrogen) atoms. The Labute approximate surface area is 129 Å². The summed E-state index contributed by atoms with van der Waals surface area (Å²) in [7, 11) is 0. The second kappa shape index (κ2) is 5.74. The van der Waals surface area contributed by atoms with Gasteiger partial charge >= 0.3 is 0 Å². The minimum absolute atomic E-state index is 0.402. The number of nitrogen functional groups attached to an aromatic ring is 1. The van der Waals surface area contributed by atoms with Crippen molar-refractivity contribution in [2.45, 2.75) is 26.4 Å². The molecule has 1 aromatic carbocycles. The number of rotatable bonds is 4. The normalized spacial score (nSPS) is 11.2. The smallest absolute Gasteiger partial charge is 0.0525 e. The van der Waals surface area contributed by atoms with E-state index in [1.807, 2.05) is 18.3 Å². The van der Waals surface area contributed by atoms with Crippen LogP contribution in [0.25, 0.3) is 10.8 Å². The molecule has 0 radical (unpaired) electrons. The molecule has 0 saturated heterocycles. The van der Waals surface area contributed by atoms with Gasteiger partial charge in [-0.05, 0) is 43.5 Å². The molecule has 108 valence electrons. The number of aromatic nitrogens is 1. The Morgan fingerprint density at radius 2 is 2.05 bits per heavy atom. The van der Waals surface area contributed by atoms with Crippen LogP contribution in [0.3, 0.4) is 0 Å². The van der Waals surface area contributed by atoms with Gasteiger partial charge in [-0.25, -0.2) is 0 Å². The molecule has 0 spiro atoms. The minimum Gasteiger partial charge on any atom is -0.398 e. The summed E-state index contributed by atoms with van der Waals surface area (Å²) in [6.07, 6.45) is 3.70. The zero-order valence-corrected chi connectivity index (χ0v) is 13.1. The fraction of sp³-hybridized carbons (Fsp3) is 0.235. The van der Waals surface area contributed by atoms with Crippen LogP contribution in [0, 0.1) is 0 Å². The average molecular weight is 297 g/mol. The molecule has 0 aliphatic heterocycles. The van der Waals surface area contributed by atoms with E-state index in [2.05, 4.69) is 47.3 Å². The summed E-state index contributed by atoms with van der Waals surface area (Å²) in [6.45, 7) is 5.33. The van der Waals surface area contributed by atoms with Crippen molar-refractivity contribution in [3.05, 3.63) is 53.0 Å². The topological polar surface area (TPSA) is 42.1 Å². The third kappa shape index (κ3) is 2.72. The Morgan fingerprint density at radius 3 is 2.76 bits per heavy atom. The standard InChI is InChI=1S/C17H19N3S/c1-12(2)20(11-13-4-3-9-21-13)17-6-5-16(18)14-7-8-19-10-15(14)17/h3-10,12H,11,18H2,1-2H3. The van der Waals surface area contributed by atoms with Crippen molar-refractivity contribution in [1.82, 2.24) is 4.98 Å². The fourth-order valence-electron chi connectivity index (χ4n) is 2.57. The van der Waals surface area contributed by atoms with Crippen molar-refractivity contribution in [3.8, 4) is 0 Å². The Hall–Kier alpha value is -2.07. The van der Waals surface area contributed by atoms with Gasteiger partial charge in [0.15, 0.2) is 0 Å². The molecule has 2 heterocycles. The fourth-order valence-corrected chi connectivity index (χ4v) is 3.27. The van der Waals surface area contributed by atoms with Gasteiger partial charge in [-0.3, -0.25) is 4.98 Å². The van der Waals surface area contributed by atoms with E-state index in [0.717, 1.165) is 23.0 Å². The quantitative estimate of drug-likeness (QED) is 0.730. The summed E-state index contributed by atoms with van der Waals surface area (Å²) in [5.74, 6) is 0. The minimum atomic E-state index is 0.402. The number of thiophene rings is 1. The van der Waals surface area contributed by atoms with E-state index < -0.39 is 0 Å². The summed E-state index contributed by atoms with van der Waals surface area (Å²) in [5.41, 5.74) is 8.09. The Bertz CT molecular complexity index is 735. The second-order valence-corrected chi connectivity index (χ2v) is 6.43. The van der Waals surface area contributed by atoms with Gasteiger partial charge in [0.2, 0.25) is 0 Å². The highest BCUT2D eigenvalue weighted by Crippen LogP contribution is 2.32. The van der Waals surface area contributed by atoms with Crippen LogP contribution in [0.5, 0.6) is 0 Å². The summed E-state index contributed by atoms with van der Waals surface area (Å²) in [5, 5.41) is 4.30. The van der Waals surface area contributed by atoms with Crippen LogP contribution in [-0.2, 0) is 6.54 Å². The van der Waals surface area contributed by atoms with Crippen molar-refractivity contribution in [1.29, 1.82) is 0 Å². The van der Waals surface area contributed by atoms with Gasteiger partial charge < -0.3 is 10.6 Å². The lowest BCUT2D eigenvalue weighted by molar-refractivity contribution is 0.690. The summed E-state index contributed by atoms with van der Waals surface area (Å²) >= 11 is 1.79. The van der Waals surface area contributed by atoms with E-state index in [-0.39, 0.29) is 0 Å². The third-order valence-corrected chi connectivity index (χ3v) is 4.53. The number of nitrogens with two attached hydrogens (primary N) is 1. The van der Waals surface area contributed by atoms with Crippen molar-refractivity contribution >= 4 is 33.5 Å². The van der Waals surface area contributed by atoms with E-state index in [4.69, 9.17) is 5.73 Å². The molecule has 0 bridgehead atoms. The largest absolute Gasteiger partial charge is 0.398 e. The van der Waals surface area contributed by atoms with Crippen LogP contribution in [0.15, 0.2) is 48.1 Å².